The molecule has 1 atom stereocenters. The highest BCUT2D eigenvalue weighted by Gasteiger charge is 2.25. The molecule has 1 unspecified atom stereocenters. The average Bonchev–Trinajstić information content (AvgIpc) is 2.37. The molecule has 0 aromatic heterocycles. The molecule has 7 nitrogen and oxygen atoms in total. The predicted molar refractivity (Wildman–Crippen MR) is 84.9 cm³/mol. The van der Waals surface area contributed by atoms with Crippen molar-refractivity contribution in [2.45, 2.75) is 70.1 Å². The van der Waals surface area contributed by atoms with Gasteiger partial charge in [-0.1, -0.05) is 51.9 Å². The molecular weight excluding hydrogens is 332 g/mol. The molecule has 0 bridgehead atoms. The van der Waals surface area contributed by atoms with Crippen LogP contribution in [0.1, 0.15) is 64.7 Å². The topological polar surface area (TPSA) is 118 Å². The molecule has 0 aromatic rings. The summed E-state index contributed by atoms with van der Waals surface area (Å²) in [5.41, 5.74) is -1.61. The van der Waals surface area contributed by atoms with E-state index in [1.165, 1.54) is 25.7 Å². The van der Waals surface area contributed by atoms with Crippen LogP contribution >= 0.6 is 0 Å². The average molecular weight is 360 g/mol. The quantitative estimate of drug-likeness (QED) is 0.361. The summed E-state index contributed by atoms with van der Waals surface area (Å²) in [5.74, 6) is -0.769. The zero-order chi connectivity index (χ0) is 17.1. The summed E-state index contributed by atoms with van der Waals surface area (Å²) < 4.78 is 66.0. The van der Waals surface area contributed by atoms with Crippen molar-refractivity contribution in [2.24, 2.45) is 0 Å². The molecule has 0 aromatic carbocycles. The van der Waals surface area contributed by atoms with Gasteiger partial charge in [-0.2, -0.15) is 16.8 Å². The lowest BCUT2D eigenvalue weighted by atomic mass is 10.1. The number of hydrogen-bond acceptors (Lipinski definition) is 5. The van der Waals surface area contributed by atoms with Gasteiger partial charge in [-0.25, -0.2) is 0 Å². The van der Waals surface area contributed by atoms with Gasteiger partial charge in [-0.3, -0.25) is 9.11 Å². The molecule has 0 aliphatic rings. The Morgan fingerprint density at radius 2 is 1.36 bits per heavy atom. The zero-order valence-corrected chi connectivity index (χ0v) is 14.7. The van der Waals surface area contributed by atoms with E-state index in [1.54, 1.807) is 0 Å². The Labute approximate surface area is 133 Å². The molecular formula is C13H28O7S2. The third-order valence-electron chi connectivity index (χ3n) is 3.25. The summed E-state index contributed by atoms with van der Waals surface area (Å²) in [6.45, 7) is 2.29. The highest BCUT2D eigenvalue weighted by molar-refractivity contribution is 7.87. The smallest absolute Gasteiger partial charge is 0.292 e. The van der Waals surface area contributed by atoms with Gasteiger partial charge in [0.15, 0.2) is 5.44 Å². The molecule has 0 amide bonds. The van der Waals surface area contributed by atoms with E-state index < -0.39 is 37.8 Å². The van der Waals surface area contributed by atoms with Crippen LogP contribution in [0.15, 0.2) is 0 Å². The first-order valence-electron chi connectivity index (χ1n) is 7.70. The molecule has 0 radical (unpaired) electrons. The maximum absolute atomic E-state index is 11.1. The fraction of sp³-hybridized carbons (Fsp3) is 1.00. The number of rotatable bonds is 14. The summed E-state index contributed by atoms with van der Waals surface area (Å²) in [4.78, 5) is 0. The zero-order valence-electron chi connectivity index (χ0n) is 13.1. The lowest BCUT2D eigenvalue weighted by Gasteiger charge is -2.14. The van der Waals surface area contributed by atoms with Crippen LogP contribution in [0, 0.1) is 0 Å². The van der Waals surface area contributed by atoms with Crippen molar-refractivity contribution in [2.75, 3.05) is 12.4 Å². The van der Waals surface area contributed by atoms with Gasteiger partial charge < -0.3 is 4.74 Å². The first-order chi connectivity index (χ1) is 10.2. The van der Waals surface area contributed by atoms with Gasteiger partial charge >= 0.3 is 0 Å². The van der Waals surface area contributed by atoms with Crippen LogP contribution in [0.3, 0.4) is 0 Å². The van der Waals surface area contributed by atoms with Gasteiger partial charge in [0.2, 0.25) is 0 Å². The minimum atomic E-state index is -4.49. The van der Waals surface area contributed by atoms with Crippen LogP contribution < -0.4 is 0 Å². The molecule has 0 rings (SSSR count). The molecule has 0 fully saturated rings. The second kappa shape index (κ2) is 11.3. The van der Waals surface area contributed by atoms with E-state index in [2.05, 4.69) is 6.92 Å². The van der Waals surface area contributed by atoms with E-state index in [0.29, 0.717) is 6.42 Å². The molecule has 0 aliphatic heterocycles. The minimum absolute atomic E-state index is 0.130. The van der Waals surface area contributed by atoms with E-state index in [9.17, 15) is 16.8 Å². The maximum Gasteiger partial charge on any atom is 0.292 e. The fourth-order valence-electron chi connectivity index (χ4n) is 2.01. The molecule has 0 saturated heterocycles. The van der Waals surface area contributed by atoms with Crippen molar-refractivity contribution in [3.05, 3.63) is 0 Å². The molecule has 0 saturated carbocycles. The Morgan fingerprint density at radius 1 is 0.864 bits per heavy atom. The van der Waals surface area contributed by atoms with Crippen LogP contribution in [0.5, 0.6) is 0 Å². The first kappa shape index (κ1) is 21.8. The third kappa shape index (κ3) is 13.4. The Balaban J connectivity index is 3.86. The van der Waals surface area contributed by atoms with E-state index in [4.69, 9.17) is 13.8 Å². The lowest BCUT2D eigenvalue weighted by molar-refractivity contribution is 0.0931. The second-order valence-corrected chi connectivity index (χ2v) is 8.49. The predicted octanol–water partition coefficient (Wildman–Crippen LogP) is 2.64. The Morgan fingerprint density at radius 3 is 1.82 bits per heavy atom. The third-order valence-corrected chi connectivity index (χ3v) is 5.03. The first-order valence-corrected chi connectivity index (χ1v) is 10.8. The van der Waals surface area contributed by atoms with E-state index in [-0.39, 0.29) is 6.61 Å². The standard InChI is InChI=1S/C13H28O7S2/c1-2-3-4-5-6-7-8-9-11-20-13(22(17,18)19)10-12-21(14,15)16/h13H,2-12H2,1H3,(H,14,15,16)(H,17,18,19). The van der Waals surface area contributed by atoms with Gasteiger partial charge in [-0.15, -0.1) is 0 Å². The largest absolute Gasteiger partial charge is 0.360 e. The molecule has 9 heteroatoms. The number of hydrogen-bond donors (Lipinski definition) is 2. The summed E-state index contributed by atoms with van der Waals surface area (Å²) in [7, 11) is -8.78. The van der Waals surface area contributed by atoms with Gasteiger partial charge in [0.05, 0.1) is 5.75 Å². The molecule has 0 spiro atoms. The van der Waals surface area contributed by atoms with E-state index in [1.807, 2.05) is 0 Å². The number of unbranched alkanes of at least 4 members (excludes halogenated alkanes) is 7. The highest BCUT2D eigenvalue weighted by Crippen LogP contribution is 2.11. The van der Waals surface area contributed by atoms with Gasteiger partial charge in [0.25, 0.3) is 20.2 Å². The van der Waals surface area contributed by atoms with E-state index in [0.717, 1.165) is 19.3 Å². The van der Waals surface area contributed by atoms with Gasteiger partial charge in [-0.05, 0) is 6.42 Å². The Bertz CT molecular complexity index is 471. The van der Waals surface area contributed by atoms with E-state index >= 15 is 0 Å². The second-order valence-electron chi connectivity index (χ2n) is 5.36. The van der Waals surface area contributed by atoms with Crippen molar-refractivity contribution in [1.29, 1.82) is 0 Å². The summed E-state index contributed by atoms with van der Waals surface area (Å²) >= 11 is 0. The van der Waals surface area contributed by atoms with Crippen LogP contribution in [-0.2, 0) is 25.0 Å². The lowest BCUT2D eigenvalue weighted by Crippen LogP contribution is -2.27. The highest BCUT2D eigenvalue weighted by atomic mass is 32.2. The maximum atomic E-state index is 11.1. The van der Waals surface area contributed by atoms with Crippen LogP contribution in [0.4, 0.5) is 0 Å². The van der Waals surface area contributed by atoms with Crippen molar-refractivity contribution < 1.29 is 30.7 Å². The minimum Gasteiger partial charge on any atom is -0.360 e. The van der Waals surface area contributed by atoms with Crippen molar-refractivity contribution in [1.82, 2.24) is 0 Å². The van der Waals surface area contributed by atoms with Crippen LogP contribution in [0.25, 0.3) is 0 Å². The van der Waals surface area contributed by atoms with Crippen molar-refractivity contribution in [3.63, 3.8) is 0 Å². The molecule has 2 N–H and O–H groups in total. The van der Waals surface area contributed by atoms with Crippen molar-refractivity contribution in [3.8, 4) is 0 Å². The Kier molecular flexibility index (Phi) is 11.2. The van der Waals surface area contributed by atoms with Crippen LogP contribution in [0.2, 0.25) is 0 Å². The molecule has 0 heterocycles. The SMILES string of the molecule is CCCCCCCCCCOC(CCS(=O)(=O)O)S(=O)(=O)O. The van der Waals surface area contributed by atoms with Crippen molar-refractivity contribution >= 4 is 20.2 Å². The Hall–Kier alpha value is -0.220. The van der Waals surface area contributed by atoms with Gasteiger partial charge in [0.1, 0.15) is 0 Å². The summed E-state index contributed by atoms with van der Waals surface area (Å²) in [5, 5.41) is 0. The molecule has 0 aliphatic carbocycles. The summed E-state index contributed by atoms with van der Waals surface area (Å²) in [6.07, 6.45) is 8.08. The van der Waals surface area contributed by atoms with Crippen LogP contribution in [-0.4, -0.2) is 43.7 Å². The normalized spacial score (nSPS) is 14.1. The summed E-state index contributed by atoms with van der Waals surface area (Å²) in [6, 6.07) is 0. The fourth-order valence-corrected chi connectivity index (χ4v) is 3.36. The number of ether oxygens (including phenoxy) is 1. The van der Waals surface area contributed by atoms with Gasteiger partial charge in [0, 0.05) is 13.0 Å². The monoisotopic (exact) mass is 360 g/mol. The molecule has 22 heavy (non-hydrogen) atoms. The molecule has 134 valence electrons.